The van der Waals surface area contributed by atoms with E-state index in [9.17, 15) is 0 Å². The smallest absolute Gasteiger partial charge is 0.0423 e. The van der Waals surface area contributed by atoms with E-state index in [1.54, 1.807) is 0 Å². The summed E-state index contributed by atoms with van der Waals surface area (Å²) >= 11 is 0. The highest BCUT2D eigenvalue weighted by Crippen LogP contribution is 2.23. The fraction of sp³-hybridized carbons (Fsp3) is 0.440. The van der Waals surface area contributed by atoms with Gasteiger partial charge in [0.25, 0.3) is 0 Å². The van der Waals surface area contributed by atoms with Gasteiger partial charge in [-0.3, -0.25) is 4.90 Å². The molecule has 0 radical (unpaired) electrons. The summed E-state index contributed by atoms with van der Waals surface area (Å²) in [5.41, 5.74) is 11.8. The van der Waals surface area contributed by atoms with Gasteiger partial charge in [-0.15, -0.1) is 0 Å². The lowest BCUT2D eigenvalue weighted by molar-refractivity contribution is 0.140. The van der Waals surface area contributed by atoms with E-state index in [1.165, 1.54) is 48.2 Å². The summed E-state index contributed by atoms with van der Waals surface area (Å²) < 4.78 is 0. The predicted octanol–water partition coefficient (Wildman–Crippen LogP) is 3.78. The lowest BCUT2D eigenvalue weighted by Crippen LogP contribution is -2.41. The van der Waals surface area contributed by atoms with Gasteiger partial charge in [-0.2, -0.15) is 0 Å². The van der Waals surface area contributed by atoms with Gasteiger partial charge >= 0.3 is 0 Å². The van der Waals surface area contributed by atoms with Gasteiger partial charge in [0.2, 0.25) is 0 Å². The third kappa shape index (κ3) is 5.92. The number of likely N-dealkylation sites (tertiary alicyclic amines) is 1. The second kappa shape index (κ2) is 10.1. The monoisotopic (exact) mass is 392 g/mol. The number of nitrogens with zero attached hydrogens (tertiary/aromatic N) is 3. The molecule has 4 heteroatoms. The molecule has 0 saturated carbocycles. The third-order valence-corrected chi connectivity index (χ3v) is 6.10. The fourth-order valence-corrected chi connectivity index (χ4v) is 4.05. The molecule has 156 valence electrons. The molecule has 2 aromatic carbocycles. The Morgan fingerprint density at radius 2 is 1.69 bits per heavy atom. The van der Waals surface area contributed by atoms with Crippen LogP contribution in [-0.2, 0) is 13.1 Å². The zero-order valence-electron chi connectivity index (χ0n) is 18.3. The van der Waals surface area contributed by atoms with Gasteiger partial charge in [0.1, 0.15) is 0 Å². The van der Waals surface area contributed by atoms with Gasteiger partial charge < -0.3 is 15.5 Å². The lowest BCUT2D eigenvalue weighted by Gasteiger charge is -2.35. The molecule has 0 spiro atoms. The van der Waals surface area contributed by atoms with E-state index in [0.717, 1.165) is 24.8 Å². The van der Waals surface area contributed by atoms with Crippen LogP contribution in [0.3, 0.4) is 0 Å². The Morgan fingerprint density at radius 3 is 2.31 bits per heavy atom. The number of likely N-dealkylation sites (N-methyl/N-ethyl adjacent to an activating group) is 1. The molecule has 1 heterocycles. The molecule has 0 unspecified atom stereocenters. The molecular weight excluding hydrogens is 356 g/mol. The zero-order chi connectivity index (χ0) is 20.8. The largest absolute Gasteiger partial charge is 0.373 e. The zero-order valence-corrected chi connectivity index (χ0v) is 18.3. The van der Waals surface area contributed by atoms with Crippen LogP contribution in [0.4, 0.5) is 0 Å². The van der Waals surface area contributed by atoms with Gasteiger partial charge in [-0.25, -0.2) is 0 Å². The number of hydrogen-bond acceptors (Lipinski definition) is 4. The first-order chi connectivity index (χ1) is 14.0. The number of rotatable bonds is 8. The van der Waals surface area contributed by atoms with E-state index in [2.05, 4.69) is 83.9 Å². The molecule has 2 aromatic rings. The maximum Gasteiger partial charge on any atom is 0.0423 e. The van der Waals surface area contributed by atoms with Gasteiger partial charge in [0.05, 0.1) is 0 Å². The van der Waals surface area contributed by atoms with Crippen molar-refractivity contribution < 1.29 is 0 Å². The van der Waals surface area contributed by atoms with Crippen LogP contribution in [0.25, 0.3) is 11.1 Å². The lowest BCUT2D eigenvalue weighted by atomic mass is 10.0. The highest BCUT2D eigenvalue weighted by molar-refractivity contribution is 5.64. The van der Waals surface area contributed by atoms with Crippen molar-refractivity contribution in [1.82, 2.24) is 14.7 Å². The van der Waals surface area contributed by atoms with Crippen molar-refractivity contribution in [3.05, 3.63) is 71.9 Å². The third-order valence-electron chi connectivity index (χ3n) is 6.10. The average molecular weight is 393 g/mol. The maximum absolute atomic E-state index is 5.70. The quantitative estimate of drug-likeness (QED) is 0.742. The Kier molecular flexibility index (Phi) is 7.48. The van der Waals surface area contributed by atoms with Crippen molar-refractivity contribution in [2.45, 2.75) is 32.0 Å². The molecule has 0 bridgehead atoms. The summed E-state index contributed by atoms with van der Waals surface area (Å²) in [5.74, 6) is 0. The molecule has 1 aliphatic rings. The molecular formula is C25H36N4. The number of benzene rings is 2. The van der Waals surface area contributed by atoms with E-state index in [-0.39, 0.29) is 0 Å². The summed E-state index contributed by atoms with van der Waals surface area (Å²) in [4.78, 5) is 7.06. The fourth-order valence-electron chi connectivity index (χ4n) is 4.05. The summed E-state index contributed by atoms with van der Waals surface area (Å²) in [6.45, 7) is 8.76. The molecule has 0 atom stereocenters. The number of piperidine rings is 1. The van der Waals surface area contributed by atoms with Crippen molar-refractivity contribution in [1.29, 1.82) is 0 Å². The van der Waals surface area contributed by atoms with Crippen molar-refractivity contribution in [2.24, 2.45) is 5.73 Å². The van der Waals surface area contributed by atoms with Crippen LogP contribution >= 0.6 is 0 Å². The Hall–Kier alpha value is -2.14. The molecule has 2 N–H and O–H groups in total. The van der Waals surface area contributed by atoms with Gasteiger partial charge in [-0.1, -0.05) is 49.0 Å². The highest BCUT2D eigenvalue weighted by atomic mass is 15.2. The van der Waals surface area contributed by atoms with E-state index in [0.29, 0.717) is 6.54 Å². The van der Waals surface area contributed by atoms with E-state index in [4.69, 9.17) is 5.73 Å². The first kappa shape index (κ1) is 21.6. The van der Waals surface area contributed by atoms with Crippen molar-refractivity contribution in [2.75, 3.05) is 40.8 Å². The first-order valence-corrected chi connectivity index (χ1v) is 10.6. The predicted molar refractivity (Wildman–Crippen MR) is 124 cm³/mol. The van der Waals surface area contributed by atoms with Crippen LogP contribution in [0, 0.1) is 0 Å². The Morgan fingerprint density at radius 1 is 1.00 bits per heavy atom. The normalized spacial score (nSPS) is 15.6. The van der Waals surface area contributed by atoms with Gasteiger partial charge in [0, 0.05) is 38.4 Å². The molecule has 0 aliphatic carbocycles. The molecule has 1 fully saturated rings. The van der Waals surface area contributed by atoms with Gasteiger partial charge in [0.15, 0.2) is 0 Å². The molecule has 3 rings (SSSR count). The Labute approximate surface area is 176 Å². The maximum atomic E-state index is 5.70. The Balaban J connectivity index is 1.60. The number of hydrogen-bond donors (Lipinski definition) is 1. The second-order valence-corrected chi connectivity index (χ2v) is 8.49. The van der Waals surface area contributed by atoms with Gasteiger partial charge in [-0.05, 0) is 68.3 Å². The highest BCUT2D eigenvalue weighted by Gasteiger charge is 2.20. The van der Waals surface area contributed by atoms with Crippen molar-refractivity contribution >= 4 is 0 Å². The molecule has 1 aliphatic heterocycles. The van der Waals surface area contributed by atoms with Crippen LogP contribution in [0.2, 0.25) is 0 Å². The molecule has 0 amide bonds. The SMILES string of the molecule is C=C(CN)N(C)Cc1cccc(-c2ccc(CN3CCC(N(C)C)CC3)cc2)c1. The summed E-state index contributed by atoms with van der Waals surface area (Å²) in [6.07, 6.45) is 2.53. The standard InChI is InChI=1S/C25H36N4/c1-20(17-26)28(4)18-22-6-5-7-24(16-22)23-10-8-21(9-11-23)19-29-14-12-25(13-15-29)27(2)3/h5-11,16,25H,1,12-15,17-19,26H2,2-4H3. The molecule has 4 nitrogen and oxygen atoms in total. The summed E-state index contributed by atoms with van der Waals surface area (Å²) in [6, 6.07) is 18.5. The minimum atomic E-state index is 0.491. The van der Waals surface area contributed by atoms with Crippen molar-refractivity contribution in [3.8, 4) is 11.1 Å². The minimum absolute atomic E-state index is 0.491. The van der Waals surface area contributed by atoms with Crippen LogP contribution in [-0.4, -0.2) is 61.5 Å². The van der Waals surface area contributed by atoms with E-state index < -0.39 is 0 Å². The van der Waals surface area contributed by atoms with Crippen LogP contribution in [0.15, 0.2) is 60.8 Å². The average Bonchev–Trinajstić information content (AvgIpc) is 2.74. The second-order valence-electron chi connectivity index (χ2n) is 8.49. The number of nitrogens with two attached hydrogens (primary N) is 1. The summed E-state index contributed by atoms with van der Waals surface area (Å²) in [7, 11) is 6.43. The van der Waals surface area contributed by atoms with Crippen LogP contribution < -0.4 is 5.73 Å². The summed E-state index contributed by atoms with van der Waals surface area (Å²) in [5, 5.41) is 0. The van der Waals surface area contributed by atoms with E-state index in [1.807, 2.05) is 7.05 Å². The minimum Gasteiger partial charge on any atom is -0.373 e. The molecule has 0 aromatic heterocycles. The van der Waals surface area contributed by atoms with Crippen LogP contribution in [0.1, 0.15) is 24.0 Å². The van der Waals surface area contributed by atoms with Crippen LogP contribution in [0.5, 0.6) is 0 Å². The Bertz CT molecular complexity index is 789. The van der Waals surface area contributed by atoms with Crippen molar-refractivity contribution in [3.63, 3.8) is 0 Å². The van der Waals surface area contributed by atoms with E-state index >= 15 is 0 Å². The molecule has 29 heavy (non-hydrogen) atoms. The first-order valence-electron chi connectivity index (χ1n) is 10.6. The topological polar surface area (TPSA) is 35.7 Å². The molecule has 1 saturated heterocycles.